The molecule has 0 unspecified atom stereocenters. The zero-order valence-electron chi connectivity index (χ0n) is 18.7. The predicted octanol–water partition coefficient (Wildman–Crippen LogP) is 2.58. The summed E-state index contributed by atoms with van der Waals surface area (Å²) in [7, 11) is 0. The Morgan fingerprint density at radius 2 is 2.03 bits per heavy atom. The smallest absolute Gasteiger partial charge is 0.411 e. The van der Waals surface area contributed by atoms with E-state index in [1.54, 1.807) is 39.1 Å². The van der Waals surface area contributed by atoms with E-state index >= 15 is 0 Å². The summed E-state index contributed by atoms with van der Waals surface area (Å²) in [6, 6.07) is 7.14. The molecule has 0 bridgehead atoms. The Labute approximate surface area is 192 Å². The minimum absolute atomic E-state index is 0.120. The summed E-state index contributed by atoms with van der Waals surface area (Å²) in [6.07, 6.45) is 2.36. The van der Waals surface area contributed by atoms with Crippen molar-refractivity contribution in [1.82, 2.24) is 14.8 Å². The van der Waals surface area contributed by atoms with Gasteiger partial charge in [-0.3, -0.25) is 9.69 Å². The molecule has 2 saturated heterocycles. The Morgan fingerprint density at radius 3 is 2.66 bits per heavy atom. The fourth-order valence-corrected chi connectivity index (χ4v) is 4.92. The van der Waals surface area contributed by atoms with Gasteiger partial charge >= 0.3 is 6.09 Å². The van der Waals surface area contributed by atoms with E-state index in [-0.39, 0.29) is 18.5 Å². The SMILES string of the molecule is CC(C)(C)OC(=O)N(CC(=O)N1CSC[C@H]1C#N)C1CCN(c2ncccc2C#N)CC1. The van der Waals surface area contributed by atoms with Gasteiger partial charge in [-0.25, -0.2) is 9.78 Å². The van der Waals surface area contributed by atoms with Crippen LogP contribution in [0.15, 0.2) is 18.3 Å². The molecule has 0 aromatic carbocycles. The maximum absolute atomic E-state index is 13.0. The van der Waals surface area contributed by atoms with Gasteiger partial charge in [0.2, 0.25) is 5.91 Å². The van der Waals surface area contributed by atoms with Crippen LogP contribution >= 0.6 is 11.8 Å². The average Bonchev–Trinajstić information content (AvgIpc) is 3.25. The summed E-state index contributed by atoms with van der Waals surface area (Å²) < 4.78 is 5.59. The van der Waals surface area contributed by atoms with Gasteiger partial charge in [0.15, 0.2) is 0 Å². The van der Waals surface area contributed by atoms with Crippen LogP contribution in [0.4, 0.5) is 10.6 Å². The van der Waals surface area contributed by atoms with Gasteiger partial charge in [-0.15, -0.1) is 11.8 Å². The summed E-state index contributed by atoms with van der Waals surface area (Å²) in [5, 5.41) is 18.7. The van der Waals surface area contributed by atoms with Crippen molar-refractivity contribution in [2.75, 3.05) is 36.2 Å². The zero-order valence-corrected chi connectivity index (χ0v) is 19.5. The van der Waals surface area contributed by atoms with E-state index in [0.29, 0.717) is 48.9 Å². The fourth-order valence-electron chi connectivity index (χ4n) is 3.82. The number of carbonyl (C=O) groups is 2. The summed E-state index contributed by atoms with van der Waals surface area (Å²) in [6.45, 7) is 6.46. The number of aromatic nitrogens is 1. The second kappa shape index (κ2) is 10.1. The first-order chi connectivity index (χ1) is 15.2. The first kappa shape index (κ1) is 23.7. The van der Waals surface area contributed by atoms with Gasteiger partial charge in [0, 0.05) is 31.1 Å². The van der Waals surface area contributed by atoms with E-state index in [4.69, 9.17) is 4.74 Å². The Balaban J connectivity index is 1.73. The van der Waals surface area contributed by atoms with Crippen molar-refractivity contribution in [2.45, 2.75) is 51.3 Å². The highest BCUT2D eigenvalue weighted by Crippen LogP contribution is 2.26. The third-order valence-electron chi connectivity index (χ3n) is 5.40. The van der Waals surface area contributed by atoms with Crippen LogP contribution in [-0.2, 0) is 9.53 Å². The molecule has 32 heavy (non-hydrogen) atoms. The number of amides is 2. The van der Waals surface area contributed by atoms with E-state index in [0.717, 1.165) is 0 Å². The minimum Gasteiger partial charge on any atom is -0.444 e. The lowest BCUT2D eigenvalue weighted by molar-refractivity contribution is -0.132. The van der Waals surface area contributed by atoms with Crippen LogP contribution in [0.5, 0.6) is 0 Å². The maximum Gasteiger partial charge on any atom is 0.411 e. The highest BCUT2D eigenvalue weighted by Gasteiger charge is 2.36. The molecule has 1 aromatic rings. The van der Waals surface area contributed by atoms with E-state index < -0.39 is 17.7 Å². The number of hydrogen-bond acceptors (Lipinski definition) is 8. The number of ether oxygens (including phenoxy) is 1. The van der Waals surface area contributed by atoms with Gasteiger partial charge in [-0.05, 0) is 45.7 Å². The highest BCUT2D eigenvalue weighted by molar-refractivity contribution is 7.99. The second-order valence-electron chi connectivity index (χ2n) is 8.82. The van der Waals surface area contributed by atoms with E-state index in [9.17, 15) is 20.1 Å². The van der Waals surface area contributed by atoms with Gasteiger partial charge in [-0.1, -0.05) is 0 Å². The molecule has 2 fully saturated rings. The third-order valence-corrected chi connectivity index (χ3v) is 6.41. The first-order valence-corrected chi connectivity index (χ1v) is 11.8. The normalized spacial score (nSPS) is 19.2. The number of piperidine rings is 1. The molecule has 0 radical (unpaired) electrons. The molecule has 2 aliphatic heterocycles. The Kier molecular flexibility index (Phi) is 7.47. The van der Waals surface area contributed by atoms with Crippen molar-refractivity contribution < 1.29 is 14.3 Å². The number of carbonyl (C=O) groups excluding carboxylic acids is 2. The van der Waals surface area contributed by atoms with Gasteiger partial charge in [0.05, 0.1) is 17.5 Å². The summed E-state index contributed by atoms with van der Waals surface area (Å²) in [4.78, 5) is 35.4. The monoisotopic (exact) mass is 456 g/mol. The number of hydrogen-bond donors (Lipinski definition) is 0. The number of nitrogens with zero attached hydrogens (tertiary/aromatic N) is 6. The molecule has 3 heterocycles. The van der Waals surface area contributed by atoms with Crippen LogP contribution in [0.25, 0.3) is 0 Å². The van der Waals surface area contributed by atoms with E-state index in [2.05, 4.69) is 17.1 Å². The number of thioether (sulfide) groups is 1. The van der Waals surface area contributed by atoms with Crippen molar-refractivity contribution in [3.8, 4) is 12.1 Å². The number of nitriles is 2. The lowest BCUT2D eigenvalue weighted by Crippen LogP contribution is -2.53. The van der Waals surface area contributed by atoms with E-state index in [1.165, 1.54) is 21.6 Å². The van der Waals surface area contributed by atoms with Crippen LogP contribution in [0.2, 0.25) is 0 Å². The van der Waals surface area contributed by atoms with E-state index in [1.807, 2.05) is 4.90 Å². The number of anilines is 1. The molecule has 2 amide bonds. The molecular weight excluding hydrogens is 428 g/mol. The van der Waals surface area contributed by atoms with Gasteiger partial charge in [0.25, 0.3) is 0 Å². The molecule has 1 atom stereocenters. The maximum atomic E-state index is 13.0. The standard InChI is InChI=1S/C22H28N6O3S/c1-22(2,3)31-21(30)27(13-19(29)28-15-32-14-18(28)12-24)17-6-9-26(10-7-17)20-16(11-23)5-4-8-25-20/h4-5,8,17-18H,6-7,9-10,13-15H2,1-3H3/t18-/m1/s1. The molecule has 0 saturated carbocycles. The number of pyridine rings is 1. The molecule has 9 nitrogen and oxygen atoms in total. The summed E-state index contributed by atoms with van der Waals surface area (Å²) >= 11 is 1.53. The molecule has 0 spiro atoms. The lowest BCUT2D eigenvalue weighted by Gasteiger charge is -2.39. The van der Waals surface area contributed by atoms with Crippen LogP contribution in [0.3, 0.4) is 0 Å². The van der Waals surface area contributed by atoms with Gasteiger partial charge in [0.1, 0.15) is 30.1 Å². The summed E-state index contributed by atoms with van der Waals surface area (Å²) in [5.74, 6) is 1.43. The molecule has 0 N–H and O–H groups in total. The van der Waals surface area contributed by atoms with Crippen molar-refractivity contribution in [3.63, 3.8) is 0 Å². The third kappa shape index (κ3) is 5.63. The van der Waals surface area contributed by atoms with Crippen LogP contribution in [-0.4, -0.2) is 75.7 Å². The Hall–Kier alpha value is -2.98. The molecule has 10 heteroatoms. The average molecular weight is 457 g/mol. The predicted molar refractivity (Wildman–Crippen MR) is 121 cm³/mol. The molecular formula is C22H28N6O3S. The summed E-state index contributed by atoms with van der Waals surface area (Å²) in [5.41, 5.74) is -0.174. The van der Waals surface area contributed by atoms with Crippen LogP contribution < -0.4 is 4.90 Å². The largest absolute Gasteiger partial charge is 0.444 e. The molecule has 170 valence electrons. The van der Waals surface area contributed by atoms with Crippen molar-refractivity contribution >= 4 is 29.6 Å². The van der Waals surface area contributed by atoms with Crippen molar-refractivity contribution in [2.24, 2.45) is 0 Å². The quantitative estimate of drug-likeness (QED) is 0.679. The Morgan fingerprint density at radius 1 is 1.31 bits per heavy atom. The fraction of sp³-hybridized carbons (Fsp3) is 0.591. The molecule has 2 aliphatic rings. The Bertz CT molecular complexity index is 927. The topological polar surface area (TPSA) is 114 Å². The highest BCUT2D eigenvalue weighted by atomic mass is 32.2. The molecule has 3 rings (SSSR count). The van der Waals surface area contributed by atoms with Gasteiger partial charge < -0.3 is 14.5 Å². The van der Waals surface area contributed by atoms with Crippen molar-refractivity contribution in [1.29, 1.82) is 10.5 Å². The minimum atomic E-state index is -0.687. The molecule has 1 aromatic heterocycles. The first-order valence-electron chi connectivity index (χ1n) is 10.6. The van der Waals surface area contributed by atoms with Crippen molar-refractivity contribution in [3.05, 3.63) is 23.9 Å². The number of rotatable bonds is 4. The zero-order chi connectivity index (χ0) is 23.3. The van der Waals surface area contributed by atoms with Gasteiger partial charge in [-0.2, -0.15) is 10.5 Å². The van der Waals surface area contributed by atoms with Crippen LogP contribution in [0.1, 0.15) is 39.2 Å². The second-order valence-corrected chi connectivity index (χ2v) is 9.82. The lowest BCUT2D eigenvalue weighted by atomic mass is 10.0. The molecule has 0 aliphatic carbocycles. The van der Waals surface area contributed by atoms with Crippen LogP contribution in [0, 0.1) is 22.7 Å².